The summed E-state index contributed by atoms with van der Waals surface area (Å²) >= 11 is 3.78. The molecular weight excluding hydrogens is 1110 g/mol. The molecule has 0 unspecified atom stereocenters. The Bertz CT molecular complexity index is 2640. The summed E-state index contributed by atoms with van der Waals surface area (Å²) < 4.78 is 6.15. The Morgan fingerprint density at radius 3 is 1.14 bits per heavy atom. The van der Waals surface area contributed by atoms with Crippen LogP contribution in [0.3, 0.4) is 0 Å². The molecule has 3 aromatic heterocycles. The SMILES string of the molecule is CC(C)C.CC(C)C.CC(C)C.CC(C)C.CC(C)C.CC(C)c1cc2ccccc2[nH]1.CC(C)c1cc2ccccc2s1.CC(C)c1ccc2ccccc2c1.CC(C)c1ccccc1.CC(C)c1nc2ccccc2[nH]1.COC(C)C.CSC(C)C. The van der Waals surface area contributed by atoms with Crippen molar-refractivity contribution >= 4 is 65.9 Å². The number of benzene rings is 6. The summed E-state index contributed by atoms with van der Waals surface area (Å²) in [6.45, 7) is 62.9. The number of H-pyrrole nitrogens is 2. The van der Waals surface area contributed by atoms with Gasteiger partial charge in [-0.15, -0.1) is 11.3 Å². The van der Waals surface area contributed by atoms with Gasteiger partial charge in [0.05, 0.1) is 17.1 Å². The molecule has 0 atom stereocenters. The molecule has 0 amide bonds. The van der Waals surface area contributed by atoms with Gasteiger partial charge in [-0.05, 0) is 148 Å². The Kier molecular flexibility index (Phi) is 51.0. The van der Waals surface area contributed by atoms with Crippen LogP contribution in [0.2, 0.25) is 0 Å². The zero-order valence-corrected chi connectivity index (χ0v) is 63.7. The number of thioether (sulfide) groups is 1. The van der Waals surface area contributed by atoms with Gasteiger partial charge in [-0.1, -0.05) is 308 Å². The standard InChI is InChI=1S/C13H14.C11H13N.C11H12S.C10H12N2.C9H12.C4H10O.C4H10S.5C4H10/c1-10(2)12-8-7-11-5-3-4-6-13(11)9-12;2*1-8(2)11-7-9-5-3-4-6-10(9)12-11;1-7(2)10-11-8-5-3-4-6-9(8)12-10;1-8(2)9-6-4-3-5-7-9;2*1-4(2)5-3;5*1-4(2)3/h3-10H,1-2H3;3-8,12H,1-2H3;3-8H,1-2H3;3-7H,1-2H3,(H,11,12);3-8H,1-2H3;2*4H,1-3H3;5*4H,1-3H3. The molecule has 0 aliphatic rings. The maximum absolute atomic E-state index is 4.75. The zero-order chi connectivity index (χ0) is 68.1. The van der Waals surface area contributed by atoms with Crippen LogP contribution in [-0.4, -0.2) is 39.7 Å². The van der Waals surface area contributed by atoms with Gasteiger partial charge >= 0.3 is 0 Å². The first-order valence-corrected chi connectivity index (χ1v) is 35.3. The minimum absolute atomic E-state index is 0.384. The van der Waals surface area contributed by atoms with Gasteiger partial charge in [0.2, 0.25) is 0 Å². The minimum Gasteiger partial charge on any atom is -0.382 e. The van der Waals surface area contributed by atoms with Crippen molar-refractivity contribution in [2.75, 3.05) is 13.4 Å². The lowest BCUT2D eigenvalue weighted by molar-refractivity contribution is 0.134. The lowest BCUT2D eigenvalue weighted by Gasteiger charge is -2.06. The van der Waals surface area contributed by atoms with Crippen molar-refractivity contribution in [3.63, 3.8) is 0 Å². The fourth-order valence-corrected chi connectivity index (χ4v) is 7.41. The van der Waals surface area contributed by atoms with E-state index in [0.717, 1.165) is 51.7 Å². The van der Waals surface area contributed by atoms with Crippen LogP contribution in [0.4, 0.5) is 0 Å². The number of aromatic nitrogens is 3. The third kappa shape index (κ3) is 47.8. The lowest BCUT2D eigenvalue weighted by atomic mass is 9.99. The number of aromatic amines is 2. The number of hydrogen-bond donors (Lipinski definition) is 2. The van der Waals surface area contributed by atoms with Gasteiger partial charge in [0, 0.05) is 33.8 Å². The average molecular weight is 1240 g/mol. The van der Waals surface area contributed by atoms with E-state index in [4.69, 9.17) is 4.74 Å². The van der Waals surface area contributed by atoms with Gasteiger partial charge in [-0.2, -0.15) is 11.8 Å². The molecule has 9 aromatic rings. The quantitative estimate of drug-likeness (QED) is 0.167. The van der Waals surface area contributed by atoms with Gasteiger partial charge in [-0.25, -0.2) is 4.98 Å². The minimum atomic E-state index is 0.384. The molecule has 6 aromatic carbocycles. The second-order valence-corrected chi connectivity index (χ2v) is 30.2. The molecule has 4 nitrogen and oxygen atoms in total. The summed E-state index contributed by atoms with van der Waals surface area (Å²) in [6.07, 6.45) is 2.50. The summed E-state index contributed by atoms with van der Waals surface area (Å²) in [4.78, 5) is 12.6. The molecule has 88 heavy (non-hydrogen) atoms. The molecule has 0 aliphatic carbocycles. The molecule has 0 saturated heterocycles. The Balaban J connectivity index is -0.000000925. The largest absolute Gasteiger partial charge is 0.382 e. The Hall–Kier alpha value is -5.14. The van der Waals surface area contributed by atoms with E-state index < -0.39 is 0 Å². The van der Waals surface area contributed by atoms with Crippen LogP contribution in [0.25, 0.3) is 42.8 Å². The zero-order valence-electron chi connectivity index (χ0n) is 62.1. The highest BCUT2D eigenvalue weighted by atomic mass is 32.2. The van der Waals surface area contributed by atoms with E-state index in [1.54, 1.807) is 7.11 Å². The highest BCUT2D eigenvalue weighted by Gasteiger charge is 2.06. The van der Waals surface area contributed by atoms with Crippen LogP contribution in [-0.2, 0) is 4.74 Å². The van der Waals surface area contributed by atoms with Crippen molar-refractivity contribution in [3.8, 4) is 0 Å². The van der Waals surface area contributed by atoms with E-state index in [0.29, 0.717) is 35.7 Å². The molecule has 0 aliphatic heterocycles. The number of thiophene rings is 1. The summed E-state index contributed by atoms with van der Waals surface area (Å²) in [7, 11) is 1.70. The van der Waals surface area contributed by atoms with E-state index in [1.165, 1.54) is 53.5 Å². The molecule has 2 N–H and O–H groups in total. The number of methoxy groups -OCH3 is 1. The third-order valence-corrected chi connectivity index (χ3v) is 13.3. The first kappa shape index (κ1) is 87.1. The molecule has 0 bridgehead atoms. The maximum atomic E-state index is 4.75. The van der Waals surface area contributed by atoms with Crippen molar-refractivity contribution in [1.29, 1.82) is 0 Å². The third-order valence-electron chi connectivity index (χ3n) is 11.0. The second kappa shape index (κ2) is 51.6. The van der Waals surface area contributed by atoms with E-state index in [1.807, 2.05) is 67.3 Å². The van der Waals surface area contributed by atoms with Crippen LogP contribution in [0.15, 0.2) is 158 Å². The number of imidazole rings is 1. The highest BCUT2D eigenvalue weighted by molar-refractivity contribution is 7.99. The number of nitrogens with one attached hydrogen (secondary N) is 2. The Morgan fingerprint density at radius 1 is 0.364 bits per heavy atom. The molecule has 0 spiro atoms. The molecule has 3 heterocycles. The number of fused-ring (bicyclic) bond motifs is 4. The summed E-state index contributed by atoms with van der Waals surface area (Å²) in [5.41, 5.74) is 7.57. The Morgan fingerprint density at radius 2 is 0.761 bits per heavy atom. The van der Waals surface area contributed by atoms with Gasteiger partial charge in [0.25, 0.3) is 0 Å². The first-order chi connectivity index (χ1) is 41.1. The van der Waals surface area contributed by atoms with E-state index in [9.17, 15) is 0 Å². The number of hydrogen-bond acceptors (Lipinski definition) is 4. The van der Waals surface area contributed by atoms with Gasteiger partial charge in [0.15, 0.2) is 0 Å². The van der Waals surface area contributed by atoms with Crippen LogP contribution >= 0.6 is 23.1 Å². The monoisotopic (exact) mass is 1240 g/mol. The number of ether oxygens (including phenoxy) is 1. The van der Waals surface area contributed by atoms with Crippen molar-refractivity contribution in [2.45, 2.75) is 242 Å². The fourth-order valence-electron chi connectivity index (χ4n) is 6.34. The summed E-state index contributed by atoms with van der Waals surface area (Å²) in [6, 6.07) is 55.3. The van der Waals surface area contributed by atoms with Crippen molar-refractivity contribution in [2.24, 2.45) is 29.6 Å². The number of nitrogens with zero attached hydrogens (tertiary/aromatic N) is 1. The molecule has 9 rings (SSSR count). The van der Waals surface area contributed by atoms with Gasteiger partial charge in [0.1, 0.15) is 5.82 Å². The molecule has 0 fully saturated rings. The maximum Gasteiger partial charge on any atom is 0.109 e. The van der Waals surface area contributed by atoms with Crippen LogP contribution in [0, 0.1) is 29.6 Å². The normalized spacial score (nSPS) is 10.4. The summed E-state index contributed by atoms with van der Waals surface area (Å²) in [5.74, 6) is 8.21. The molecule has 0 saturated carbocycles. The Labute approximate surface area is 552 Å². The molecule has 0 radical (unpaired) electrons. The van der Waals surface area contributed by atoms with Crippen LogP contribution in [0.1, 0.15) is 258 Å². The van der Waals surface area contributed by atoms with Gasteiger partial charge < -0.3 is 14.7 Å². The van der Waals surface area contributed by atoms with Crippen molar-refractivity contribution in [3.05, 3.63) is 185 Å². The molecule has 6 heteroatoms. The van der Waals surface area contributed by atoms with E-state index >= 15 is 0 Å². The fraction of sp³-hybridized carbons (Fsp3) is 0.524. The first-order valence-electron chi connectivity index (χ1n) is 33.2. The highest BCUT2D eigenvalue weighted by Crippen LogP contribution is 2.30. The van der Waals surface area contributed by atoms with E-state index in [2.05, 4.69) is 336 Å². The van der Waals surface area contributed by atoms with Crippen LogP contribution in [0.5, 0.6) is 0 Å². The molecular formula is C82H133N3OS2. The number of para-hydroxylation sites is 3. The lowest BCUT2D eigenvalue weighted by Crippen LogP contribution is -1.94. The smallest absolute Gasteiger partial charge is 0.109 e. The summed E-state index contributed by atoms with van der Waals surface area (Å²) in [5, 5.41) is 6.16. The predicted molar refractivity (Wildman–Crippen MR) is 410 cm³/mol. The van der Waals surface area contributed by atoms with Crippen molar-refractivity contribution < 1.29 is 4.74 Å². The predicted octanol–water partition coefficient (Wildman–Crippen LogP) is 27.9. The van der Waals surface area contributed by atoms with Crippen LogP contribution < -0.4 is 0 Å². The van der Waals surface area contributed by atoms with Crippen molar-refractivity contribution in [1.82, 2.24) is 15.0 Å². The average Bonchev–Trinajstić information content (AvgIpc) is 3.71. The van der Waals surface area contributed by atoms with Gasteiger partial charge in [-0.3, -0.25) is 0 Å². The second-order valence-electron chi connectivity index (χ2n) is 27.7. The van der Waals surface area contributed by atoms with E-state index in [-0.39, 0.29) is 0 Å². The number of rotatable bonds is 7. The molecule has 494 valence electrons. The topological polar surface area (TPSA) is 53.7 Å².